The zero-order valence-corrected chi connectivity index (χ0v) is 17.4. The van der Waals surface area contributed by atoms with Crippen LogP contribution in [0.5, 0.6) is 0 Å². The third-order valence-corrected chi connectivity index (χ3v) is 5.93. The molecule has 1 heterocycles. The monoisotopic (exact) mass is 419 g/mol. The first-order valence-electron chi connectivity index (χ1n) is 8.96. The molecular formula is C18H30ClN3O4S. The number of hydrogen-bond donors (Lipinski definition) is 3. The van der Waals surface area contributed by atoms with E-state index in [1.807, 2.05) is 12.1 Å². The van der Waals surface area contributed by atoms with Crippen LogP contribution < -0.4 is 15.8 Å². The van der Waals surface area contributed by atoms with Gasteiger partial charge in [-0.1, -0.05) is 24.3 Å². The van der Waals surface area contributed by atoms with E-state index in [9.17, 15) is 13.2 Å². The molecule has 7 nitrogen and oxygen atoms in total. The van der Waals surface area contributed by atoms with E-state index in [1.54, 1.807) is 26.0 Å². The van der Waals surface area contributed by atoms with Gasteiger partial charge in [0.15, 0.2) is 0 Å². The molecule has 1 atom stereocenters. The van der Waals surface area contributed by atoms with Crippen molar-refractivity contribution in [3.63, 3.8) is 0 Å². The van der Waals surface area contributed by atoms with Crippen molar-refractivity contribution in [1.82, 2.24) is 10.0 Å². The molecule has 9 heteroatoms. The molecule has 0 spiro atoms. The molecule has 154 valence electrons. The van der Waals surface area contributed by atoms with Crippen molar-refractivity contribution in [2.75, 3.05) is 13.2 Å². The van der Waals surface area contributed by atoms with Crippen LogP contribution in [0.25, 0.3) is 0 Å². The quantitative estimate of drug-likeness (QED) is 0.588. The summed E-state index contributed by atoms with van der Waals surface area (Å²) in [5, 5.41) is 2.84. The predicted molar refractivity (Wildman–Crippen MR) is 108 cm³/mol. The van der Waals surface area contributed by atoms with Crippen molar-refractivity contribution in [2.45, 2.75) is 51.1 Å². The number of hydrogen-bond acceptors (Lipinski definition) is 5. The number of amides is 1. The van der Waals surface area contributed by atoms with E-state index in [0.29, 0.717) is 18.8 Å². The lowest BCUT2D eigenvalue weighted by molar-refractivity contribution is -0.124. The second kappa shape index (κ2) is 11.0. The van der Waals surface area contributed by atoms with Crippen LogP contribution in [0.3, 0.4) is 0 Å². The second-order valence-electron chi connectivity index (χ2n) is 6.99. The van der Waals surface area contributed by atoms with Crippen LogP contribution in [0.15, 0.2) is 24.3 Å². The zero-order chi connectivity index (χ0) is 19.2. The lowest BCUT2D eigenvalue weighted by Crippen LogP contribution is -2.46. The maximum atomic E-state index is 12.4. The summed E-state index contributed by atoms with van der Waals surface area (Å²) in [6, 6.07) is 6.47. The fraction of sp³-hybridized carbons (Fsp3) is 0.611. The average molecular weight is 420 g/mol. The van der Waals surface area contributed by atoms with Crippen LogP contribution in [0, 0.1) is 5.92 Å². The summed E-state index contributed by atoms with van der Waals surface area (Å²) in [7, 11) is -3.43. The summed E-state index contributed by atoms with van der Waals surface area (Å²) in [4.78, 5) is 12.4. The van der Waals surface area contributed by atoms with Crippen LogP contribution in [0.2, 0.25) is 0 Å². The molecule has 0 aromatic heterocycles. The van der Waals surface area contributed by atoms with Gasteiger partial charge in [-0.25, -0.2) is 13.1 Å². The molecule has 1 aromatic rings. The zero-order valence-electron chi connectivity index (χ0n) is 15.8. The van der Waals surface area contributed by atoms with E-state index in [0.717, 1.165) is 18.4 Å². The number of ether oxygens (including phenoxy) is 1. The number of rotatable bonds is 8. The van der Waals surface area contributed by atoms with E-state index in [2.05, 4.69) is 10.0 Å². The average Bonchev–Trinajstić information content (AvgIpc) is 2.59. The minimum absolute atomic E-state index is 0. The van der Waals surface area contributed by atoms with Gasteiger partial charge in [-0.05, 0) is 43.7 Å². The van der Waals surface area contributed by atoms with Crippen molar-refractivity contribution >= 4 is 28.3 Å². The van der Waals surface area contributed by atoms with E-state index < -0.39 is 16.1 Å². The van der Waals surface area contributed by atoms with Gasteiger partial charge in [0.2, 0.25) is 15.9 Å². The molecule has 2 rings (SSSR count). The fourth-order valence-electron chi connectivity index (χ4n) is 3.07. The largest absolute Gasteiger partial charge is 0.381 e. The topological polar surface area (TPSA) is 111 Å². The molecule has 0 radical (unpaired) electrons. The highest BCUT2D eigenvalue weighted by atomic mass is 35.5. The molecule has 1 unspecified atom stereocenters. The van der Waals surface area contributed by atoms with Gasteiger partial charge in [0, 0.05) is 25.8 Å². The molecule has 1 saturated heterocycles. The summed E-state index contributed by atoms with van der Waals surface area (Å²) in [6.07, 6.45) is 1.56. The number of nitrogens with two attached hydrogens (primary N) is 1. The maximum Gasteiger partial charge on any atom is 0.237 e. The van der Waals surface area contributed by atoms with Gasteiger partial charge in [0.05, 0.1) is 11.8 Å². The Hall–Kier alpha value is -1.19. The smallest absolute Gasteiger partial charge is 0.237 e. The van der Waals surface area contributed by atoms with E-state index in [4.69, 9.17) is 10.5 Å². The molecule has 0 bridgehead atoms. The standard InChI is InChI=1S/C18H29N3O4S.ClH/c1-13(2)21-26(23,24)12-16-6-4-3-5-15(16)11-20-18(22)17(19)14-7-9-25-10-8-14;/h3-6,13-14,17,21H,7-12,19H2,1-2H3,(H,20,22);1H. The van der Waals surface area contributed by atoms with Gasteiger partial charge in [-0.3, -0.25) is 4.79 Å². The third-order valence-electron chi connectivity index (χ3n) is 4.41. The molecule has 27 heavy (non-hydrogen) atoms. The molecule has 4 N–H and O–H groups in total. The molecule has 1 aliphatic rings. The summed E-state index contributed by atoms with van der Waals surface area (Å²) in [6.45, 7) is 5.08. The van der Waals surface area contributed by atoms with Gasteiger partial charge in [0.25, 0.3) is 0 Å². The van der Waals surface area contributed by atoms with Crippen molar-refractivity contribution in [1.29, 1.82) is 0 Å². The molecular weight excluding hydrogens is 390 g/mol. The minimum Gasteiger partial charge on any atom is -0.381 e. The van der Waals surface area contributed by atoms with Crippen molar-refractivity contribution in [3.8, 4) is 0 Å². The van der Waals surface area contributed by atoms with Crippen LogP contribution in [-0.4, -0.2) is 39.6 Å². The summed E-state index contributed by atoms with van der Waals surface area (Å²) < 4.78 is 32.2. The van der Waals surface area contributed by atoms with Crippen molar-refractivity contribution in [3.05, 3.63) is 35.4 Å². The van der Waals surface area contributed by atoms with Gasteiger partial charge in [-0.15, -0.1) is 12.4 Å². The maximum absolute atomic E-state index is 12.4. The van der Waals surface area contributed by atoms with Crippen LogP contribution in [0.4, 0.5) is 0 Å². The number of halogens is 1. The lowest BCUT2D eigenvalue weighted by atomic mass is 9.92. The molecule has 0 aliphatic carbocycles. The minimum atomic E-state index is -3.43. The molecule has 1 aromatic carbocycles. The Morgan fingerprint density at radius 2 is 1.81 bits per heavy atom. The number of carbonyl (C=O) groups excluding carboxylic acids is 1. The Morgan fingerprint density at radius 3 is 2.41 bits per heavy atom. The third kappa shape index (κ3) is 7.75. The number of benzene rings is 1. The Kier molecular flexibility index (Phi) is 9.69. The number of sulfonamides is 1. The first-order chi connectivity index (χ1) is 12.3. The fourth-order valence-corrected chi connectivity index (χ4v) is 4.56. The summed E-state index contributed by atoms with van der Waals surface area (Å²) in [5.41, 5.74) is 7.52. The molecule has 0 saturated carbocycles. The Bertz CT molecular complexity index is 706. The van der Waals surface area contributed by atoms with Crippen molar-refractivity contribution < 1.29 is 17.9 Å². The highest BCUT2D eigenvalue weighted by Crippen LogP contribution is 2.18. The van der Waals surface area contributed by atoms with Gasteiger partial charge in [0.1, 0.15) is 0 Å². The van der Waals surface area contributed by atoms with E-state index in [1.165, 1.54) is 0 Å². The number of nitrogens with one attached hydrogen (secondary N) is 2. The lowest BCUT2D eigenvalue weighted by Gasteiger charge is -2.26. The molecule has 1 fully saturated rings. The SMILES string of the molecule is CC(C)NS(=O)(=O)Cc1ccccc1CNC(=O)C(N)C1CCOCC1.Cl. The molecule has 1 amide bonds. The van der Waals surface area contributed by atoms with Gasteiger partial charge in [-0.2, -0.15) is 0 Å². The van der Waals surface area contributed by atoms with Gasteiger partial charge < -0.3 is 15.8 Å². The normalized spacial score (nSPS) is 16.6. The van der Waals surface area contributed by atoms with Crippen molar-refractivity contribution in [2.24, 2.45) is 11.7 Å². The predicted octanol–water partition coefficient (Wildman–Crippen LogP) is 1.31. The highest BCUT2D eigenvalue weighted by molar-refractivity contribution is 7.88. The Labute approximate surface area is 167 Å². The second-order valence-corrected chi connectivity index (χ2v) is 8.75. The molecule has 1 aliphatic heterocycles. The van der Waals surface area contributed by atoms with E-state index >= 15 is 0 Å². The van der Waals surface area contributed by atoms with E-state index in [-0.39, 0.29) is 42.6 Å². The Balaban J connectivity index is 0.00000364. The summed E-state index contributed by atoms with van der Waals surface area (Å²) in [5.74, 6) is -0.215. The highest BCUT2D eigenvalue weighted by Gasteiger charge is 2.26. The first kappa shape index (κ1) is 23.8. The summed E-state index contributed by atoms with van der Waals surface area (Å²) >= 11 is 0. The Morgan fingerprint density at radius 1 is 1.22 bits per heavy atom. The number of carbonyl (C=O) groups is 1. The van der Waals surface area contributed by atoms with Crippen LogP contribution >= 0.6 is 12.4 Å². The van der Waals surface area contributed by atoms with Crippen LogP contribution in [0.1, 0.15) is 37.8 Å². The van der Waals surface area contributed by atoms with Gasteiger partial charge >= 0.3 is 0 Å². The first-order valence-corrected chi connectivity index (χ1v) is 10.6. The van der Waals surface area contributed by atoms with Crippen LogP contribution in [-0.2, 0) is 31.9 Å².